The SMILES string of the molecule is O=CCCCCCCC(=O)On1c(O)ccc1O. The Morgan fingerprint density at radius 3 is 2.39 bits per heavy atom. The molecule has 0 aliphatic heterocycles. The number of aldehydes is 1. The molecule has 0 spiro atoms. The van der Waals surface area contributed by atoms with Crippen LogP contribution in [0, 0.1) is 0 Å². The monoisotopic (exact) mass is 255 g/mol. The number of aromatic nitrogens is 1. The zero-order valence-electron chi connectivity index (χ0n) is 10.0. The summed E-state index contributed by atoms with van der Waals surface area (Å²) in [7, 11) is 0. The van der Waals surface area contributed by atoms with Crippen molar-refractivity contribution in [2.45, 2.75) is 38.5 Å². The highest BCUT2D eigenvalue weighted by Gasteiger charge is 2.11. The fourth-order valence-corrected chi connectivity index (χ4v) is 1.49. The Morgan fingerprint density at radius 1 is 1.17 bits per heavy atom. The fraction of sp³-hybridized carbons (Fsp3) is 0.500. The Morgan fingerprint density at radius 2 is 1.78 bits per heavy atom. The van der Waals surface area contributed by atoms with E-state index in [-0.39, 0.29) is 18.2 Å². The predicted molar refractivity (Wildman–Crippen MR) is 63.1 cm³/mol. The van der Waals surface area contributed by atoms with Crippen molar-refractivity contribution < 1.29 is 24.6 Å². The van der Waals surface area contributed by atoms with Gasteiger partial charge in [0, 0.05) is 25.0 Å². The third-order valence-electron chi connectivity index (χ3n) is 2.44. The van der Waals surface area contributed by atoms with Gasteiger partial charge >= 0.3 is 5.97 Å². The number of carbonyl (C=O) groups excluding carboxylic acids is 2. The van der Waals surface area contributed by atoms with Gasteiger partial charge in [-0.3, -0.25) is 0 Å². The zero-order valence-corrected chi connectivity index (χ0v) is 10.0. The van der Waals surface area contributed by atoms with Gasteiger partial charge in [-0.1, -0.05) is 12.8 Å². The third kappa shape index (κ3) is 4.48. The number of unbranched alkanes of at least 4 members (excludes halogenated alkanes) is 4. The highest BCUT2D eigenvalue weighted by Crippen LogP contribution is 2.19. The van der Waals surface area contributed by atoms with Crippen LogP contribution >= 0.6 is 0 Å². The van der Waals surface area contributed by atoms with Crippen molar-refractivity contribution >= 4 is 12.3 Å². The van der Waals surface area contributed by atoms with Crippen molar-refractivity contribution in [3.05, 3.63) is 12.1 Å². The van der Waals surface area contributed by atoms with Crippen LogP contribution in [0.5, 0.6) is 11.8 Å². The topological polar surface area (TPSA) is 88.8 Å². The minimum atomic E-state index is -0.521. The van der Waals surface area contributed by atoms with Crippen LogP contribution in [0.25, 0.3) is 0 Å². The van der Waals surface area contributed by atoms with Gasteiger partial charge in [0.15, 0.2) is 0 Å². The Kier molecular flexibility index (Phi) is 5.76. The van der Waals surface area contributed by atoms with Gasteiger partial charge in [-0.2, -0.15) is 0 Å². The second-order valence-corrected chi connectivity index (χ2v) is 3.93. The van der Waals surface area contributed by atoms with Crippen LogP contribution < -0.4 is 4.84 Å². The smallest absolute Gasteiger partial charge is 0.333 e. The molecule has 0 unspecified atom stereocenters. The molecule has 0 bridgehead atoms. The van der Waals surface area contributed by atoms with Crippen LogP contribution in [0.15, 0.2) is 12.1 Å². The number of aromatic hydroxyl groups is 2. The van der Waals surface area contributed by atoms with E-state index >= 15 is 0 Å². The lowest BCUT2D eigenvalue weighted by atomic mass is 10.1. The summed E-state index contributed by atoms with van der Waals surface area (Å²) in [6.45, 7) is 0. The van der Waals surface area contributed by atoms with Gasteiger partial charge in [0.25, 0.3) is 0 Å². The number of rotatable bonds is 8. The summed E-state index contributed by atoms with van der Waals surface area (Å²) in [6.07, 6.45) is 4.86. The second kappa shape index (κ2) is 7.37. The molecule has 0 saturated carbocycles. The maximum atomic E-state index is 11.4. The Bertz CT molecular complexity index is 380. The summed E-state index contributed by atoms with van der Waals surface area (Å²) in [5.74, 6) is -1.18. The maximum absolute atomic E-state index is 11.4. The van der Waals surface area contributed by atoms with Gasteiger partial charge in [-0.15, -0.1) is 4.73 Å². The molecule has 0 aliphatic carbocycles. The molecule has 0 saturated heterocycles. The number of hydrogen-bond acceptors (Lipinski definition) is 5. The maximum Gasteiger partial charge on any atom is 0.333 e. The first-order valence-electron chi connectivity index (χ1n) is 5.89. The van der Waals surface area contributed by atoms with Crippen LogP contribution in [0.4, 0.5) is 0 Å². The average Bonchev–Trinajstić information content (AvgIpc) is 2.65. The van der Waals surface area contributed by atoms with Gasteiger partial charge in [0.05, 0.1) is 0 Å². The average molecular weight is 255 g/mol. The van der Waals surface area contributed by atoms with Crippen molar-refractivity contribution in [1.29, 1.82) is 0 Å². The molecule has 1 heterocycles. The molecule has 0 aromatic carbocycles. The first-order chi connectivity index (χ1) is 8.65. The lowest BCUT2D eigenvalue weighted by Crippen LogP contribution is -2.18. The molecular weight excluding hydrogens is 238 g/mol. The van der Waals surface area contributed by atoms with E-state index in [2.05, 4.69) is 0 Å². The van der Waals surface area contributed by atoms with Crippen molar-refractivity contribution in [2.75, 3.05) is 0 Å². The van der Waals surface area contributed by atoms with Gasteiger partial charge in [0.1, 0.15) is 6.29 Å². The predicted octanol–water partition coefficient (Wildman–Crippen LogP) is 1.39. The fourth-order valence-electron chi connectivity index (χ4n) is 1.49. The molecule has 18 heavy (non-hydrogen) atoms. The van der Waals surface area contributed by atoms with Crippen LogP contribution in [-0.2, 0) is 9.59 Å². The third-order valence-corrected chi connectivity index (χ3v) is 2.44. The molecule has 0 atom stereocenters. The highest BCUT2D eigenvalue weighted by molar-refractivity contribution is 5.69. The van der Waals surface area contributed by atoms with E-state index in [0.29, 0.717) is 17.6 Å². The molecule has 0 fully saturated rings. The van der Waals surface area contributed by atoms with E-state index in [1.807, 2.05) is 0 Å². The van der Waals surface area contributed by atoms with Crippen LogP contribution in [0.1, 0.15) is 38.5 Å². The standard InChI is InChI=1S/C12H17NO5/c14-9-5-3-1-2-4-6-12(17)18-13-10(15)7-8-11(13)16/h7-9,15-16H,1-6H2. The van der Waals surface area contributed by atoms with E-state index in [0.717, 1.165) is 25.5 Å². The number of hydrogen-bond donors (Lipinski definition) is 2. The normalized spacial score (nSPS) is 10.2. The largest absolute Gasteiger partial charge is 0.492 e. The van der Waals surface area contributed by atoms with Crippen LogP contribution in [0.3, 0.4) is 0 Å². The van der Waals surface area contributed by atoms with E-state index in [1.54, 1.807) is 0 Å². The van der Waals surface area contributed by atoms with Gasteiger partial charge in [0.2, 0.25) is 11.8 Å². The van der Waals surface area contributed by atoms with Crippen LogP contribution in [0.2, 0.25) is 0 Å². The van der Waals surface area contributed by atoms with Gasteiger partial charge in [-0.05, 0) is 12.8 Å². The summed E-state index contributed by atoms with van der Waals surface area (Å²) < 4.78 is 0.675. The minimum Gasteiger partial charge on any atom is -0.492 e. The Hall–Kier alpha value is -1.98. The molecule has 1 rings (SSSR count). The van der Waals surface area contributed by atoms with E-state index in [1.165, 1.54) is 12.1 Å². The van der Waals surface area contributed by atoms with Crippen molar-refractivity contribution in [1.82, 2.24) is 4.73 Å². The summed E-state index contributed by atoms with van der Waals surface area (Å²) in [4.78, 5) is 26.2. The summed E-state index contributed by atoms with van der Waals surface area (Å²) in [6, 6.07) is 2.45. The molecule has 100 valence electrons. The molecule has 6 heteroatoms. The Balaban J connectivity index is 2.20. The first kappa shape index (κ1) is 14.1. The van der Waals surface area contributed by atoms with E-state index in [4.69, 9.17) is 4.84 Å². The lowest BCUT2D eigenvalue weighted by molar-refractivity contribution is -0.145. The van der Waals surface area contributed by atoms with E-state index in [9.17, 15) is 19.8 Å². The van der Waals surface area contributed by atoms with Crippen LogP contribution in [-0.4, -0.2) is 27.2 Å². The molecule has 2 N–H and O–H groups in total. The Labute approximate surface area is 105 Å². The van der Waals surface area contributed by atoms with Crippen molar-refractivity contribution in [3.8, 4) is 11.8 Å². The number of carbonyl (C=O) groups is 2. The zero-order chi connectivity index (χ0) is 13.4. The molecule has 1 aromatic rings. The lowest BCUT2D eigenvalue weighted by Gasteiger charge is -2.06. The molecule has 1 aromatic heterocycles. The second-order valence-electron chi connectivity index (χ2n) is 3.93. The first-order valence-corrected chi connectivity index (χ1v) is 5.89. The quantitative estimate of drug-likeness (QED) is 0.541. The van der Waals surface area contributed by atoms with Gasteiger partial charge < -0.3 is 19.8 Å². The molecule has 0 aliphatic rings. The minimum absolute atomic E-state index is 0.206. The molecular formula is C12H17NO5. The van der Waals surface area contributed by atoms with Crippen molar-refractivity contribution in [3.63, 3.8) is 0 Å². The molecule has 0 radical (unpaired) electrons. The van der Waals surface area contributed by atoms with Crippen molar-refractivity contribution in [2.24, 2.45) is 0 Å². The van der Waals surface area contributed by atoms with Gasteiger partial charge in [-0.25, -0.2) is 4.79 Å². The summed E-state index contributed by atoms with van der Waals surface area (Å²) in [5, 5.41) is 18.5. The number of nitrogens with zero attached hydrogens (tertiary/aromatic N) is 1. The summed E-state index contributed by atoms with van der Waals surface area (Å²) in [5.41, 5.74) is 0. The molecule has 6 nitrogen and oxygen atoms in total. The highest BCUT2D eigenvalue weighted by atomic mass is 16.7. The van der Waals surface area contributed by atoms with E-state index < -0.39 is 5.97 Å². The molecule has 0 amide bonds. The summed E-state index contributed by atoms with van der Waals surface area (Å²) >= 11 is 0.